The van der Waals surface area contributed by atoms with E-state index in [2.05, 4.69) is 12.3 Å². The molecule has 1 aliphatic heterocycles. The zero-order valence-corrected chi connectivity index (χ0v) is 10.8. The van der Waals surface area contributed by atoms with Crippen molar-refractivity contribution in [3.05, 3.63) is 12.3 Å². The Morgan fingerprint density at radius 3 is 1.29 bits per heavy atom. The Labute approximate surface area is 91.4 Å². The molecule has 0 atom stereocenters. The summed E-state index contributed by atoms with van der Waals surface area (Å²) in [5.74, 6) is 0. The highest BCUT2D eigenvalue weighted by atomic mass is 28.3. The van der Waals surface area contributed by atoms with Gasteiger partial charge in [0.1, 0.15) is 0 Å². The lowest BCUT2D eigenvalue weighted by atomic mass is 10.0. The molecule has 0 aromatic rings. The summed E-state index contributed by atoms with van der Waals surface area (Å²) in [6, 6.07) is 3.06. The van der Waals surface area contributed by atoms with E-state index in [0.29, 0.717) is 0 Å². The van der Waals surface area contributed by atoms with Gasteiger partial charge in [0.25, 0.3) is 0 Å². The molecule has 14 heavy (non-hydrogen) atoms. The van der Waals surface area contributed by atoms with Gasteiger partial charge < -0.3 is 0 Å². The van der Waals surface area contributed by atoms with Crippen molar-refractivity contribution in [3.8, 4) is 0 Å². The lowest BCUT2D eigenvalue weighted by Gasteiger charge is -2.15. The van der Waals surface area contributed by atoms with E-state index in [-0.39, 0.29) is 8.80 Å². The summed E-state index contributed by atoms with van der Waals surface area (Å²) in [5.41, 5.74) is 2.25. The molecule has 1 aliphatic carbocycles. The molecule has 0 N–H and O–H groups in total. The first-order valence-corrected chi connectivity index (χ1v) is 8.86. The summed E-state index contributed by atoms with van der Waals surface area (Å²) in [5, 5.41) is 0. The van der Waals surface area contributed by atoms with Gasteiger partial charge in [-0.3, -0.25) is 0 Å². The summed E-state index contributed by atoms with van der Waals surface area (Å²) in [6.07, 6.45) is 13.5. The quantitative estimate of drug-likeness (QED) is 0.560. The number of hydrogen-bond acceptors (Lipinski definition) is 0. The average Bonchev–Trinajstić information content (AvgIpc) is 2.33. The van der Waals surface area contributed by atoms with Crippen LogP contribution in [0.4, 0.5) is 0 Å². The van der Waals surface area contributed by atoms with Gasteiger partial charge in [0.2, 0.25) is 0 Å². The Balaban J connectivity index is 0.000000146. The molecule has 0 radical (unpaired) electrons. The second-order valence-electron chi connectivity index (χ2n) is 4.76. The third-order valence-corrected chi connectivity index (χ3v) is 6.45. The van der Waals surface area contributed by atoms with Crippen molar-refractivity contribution in [2.75, 3.05) is 0 Å². The summed E-state index contributed by atoms with van der Waals surface area (Å²) in [4.78, 5) is 0. The van der Waals surface area contributed by atoms with Crippen LogP contribution in [0.5, 0.6) is 0 Å². The first-order valence-electron chi connectivity index (χ1n) is 6.56. The minimum Gasteiger partial charge on any atom is -0.107 e. The van der Waals surface area contributed by atoms with Crippen LogP contribution in [0.15, 0.2) is 12.3 Å². The van der Waals surface area contributed by atoms with Crippen molar-refractivity contribution < 1.29 is 0 Å². The zero-order chi connectivity index (χ0) is 10.1. The maximum absolute atomic E-state index is 3.85. The van der Waals surface area contributed by atoms with E-state index in [0.717, 1.165) is 0 Å². The molecule has 0 aromatic heterocycles. The molecule has 1 heteroatoms. The fraction of sp³-hybridized carbons (Fsp3) is 0.846. The van der Waals surface area contributed by atoms with Gasteiger partial charge in [-0.15, -0.1) is 12.3 Å². The topological polar surface area (TPSA) is 0 Å². The second-order valence-corrected chi connectivity index (χ2v) is 7.90. The minimum atomic E-state index is -0.341. The molecule has 2 fully saturated rings. The lowest BCUT2D eigenvalue weighted by Crippen LogP contribution is -2.11. The predicted octanol–water partition coefficient (Wildman–Crippen LogP) is 4.46. The van der Waals surface area contributed by atoms with Gasteiger partial charge in [-0.05, 0) is 0 Å². The summed E-state index contributed by atoms with van der Waals surface area (Å²) in [6.45, 7) is 3.85. The maximum Gasteiger partial charge on any atom is 0.0607 e. The van der Waals surface area contributed by atoms with Crippen molar-refractivity contribution in [1.82, 2.24) is 0 Å². The van der Waals surface area contributed by atoms with Crippen molar-refractivity contribution in [2.45, 2.75) is 69.9 Å². The molecular formula is C13H26Si. The largest absolute Gasteiger partial charge is 0.107 e. The molecule has 0 nitrogen and oxygen atoms in total. The smallest absolute Gasteiger partial charge is 0.0607 e. The van der Waals surface area contributed by atoms with E-state index in [1.165, 1.54) is 69.9 Å². The Bertz CT molecular complexity index is 121. The third-order valence-electron chi connectivity index (χ3n) is 3.48. The SMILES string of the molecule is C1CCCCC1.C=C[SiH]1CCCCC1. The van der Waals surface area contributed by atoms with Gasteiger partial charge in [0.15, 0.2) is 0 Å². The number of hydrogen-bond donors (Lipinski definition) is 0. The van der Waals surface area contributed by atoms with Crippen molar-refractivity contribution in [1.29, 1.82) is 0 Å². The van der Waals surface area contributed by atoms with Crippen LogP contribution in [0.25, 0.3) is 0 Å². The highest BCUT2D eigenvalue weighted by Crippen LogP contribution is 2.18. The van der Waals surface area contributed by atoms with Crippen LogP contribution in [0.2, 0.25) is 12.1 Å². The summed E-state index contributed by atoms with van der Waals surface area (Å²) in [7, 11) is -0.341. The second kappa shape index (κ2) is 8.28. The first kappa shape index (κ1) is 12.0. The fourth-order valence-corrected chi connectivity index (χ4v) is 4.82. The van der Waals surface area contributed by atoms with Crippen LogP contribution in [-0.2, 0) is 0 Å². The molecule has 0 spiro atoms. The molecule has 0 unspecified atom stereocenters. The molecule has 2 rings (SSSR count). The predicted molar refractivity (Wildman–Crippen MR) is 68.5 cm³/mol. The Morgan fingerprint density at radius 2 is 1.00 bits per heavy atom. The van der Waals surface area contributed by atoms with Gasteiger partial charge >= 0.3 is 0 Å². The van der Waals surface area contributed by atoms with Crippen LogP contribution in [-0.4, -0.2) is 8.80 Å². The molecular weight excluding hydrogens is 184 g/mol. The van der Waals surface area contributed by atoms with Crippen LogP contribution in [0, 0.1) is 0 Å². The fourth-order valence-electron chi connectivity index (χ4n) is 2.43. The van der Waals surface area contributed by atoms with Gasteiger partial charge in [0, 0.05) is 0 Å². The molecule has 0 bridgehead atoms. The van der Waals surface area contributed by atoms with Crippen LogP contribution < -0.4 is 0 Å². The Kier molecular flexibility index (Phi) is 7.11. The van der Waals surface area contributed by atoms with Gasteiger partial charge in [-0.25, -0.2) is 0 Å². The standard InChI is InChI=1S/C7H14Si.C6H12/c1-2-8-6-4-3-5-7-8;1-2-4-6-5-3-1/h2,8H,1,3-7H2;1-6H2. The monoisotopic (exact) mass is 210 g/mol. The van der Waals surface area contributed by atoms with Gasteiger partial charge in [0.05, 0.1) is 8.80 Å². The van der Waals surface area contributed by atoms with E-state index in [1.54, 1.807) is 0 Å². The highest BCUT2D eigenvalue weighted by Gasteiger charge is 2.09. The minimum absolute atomic E-state index is 0.341. The molecule has 0 amide bonds. The normalized spacial score (nSPS) is 23.4. The van der Waals surface area contributed by atoms with E-state index in [9.17, 15) is 0 Å². The summed E-state index contributed by atoms with van der Waals surface area (Å²) < 4.78 is 0. The molecule has 0 aromatic carbocycles. The molecule has 82 valence electrons. The van der Waals surface area contributed by atoms with Gasteiger partial charge in [-0.2, -0.15) is 0 Å². The van der Waals surface area contributed by atoms with E-state index in [4.69, 9.17) is 0 Å². The molecule has 1 saturated carbocycles. The third kappa shape index (κ3) is 5.64. The van der Waals surface area contributed by atoms with E-state index >= 15 is 0 Å². The van der Waals surface area contributed by atoms with Crippen molar-refractivity contribution in [2.24, 2.45) is 0 Å². The Morgan fingerprint density at radius 1 is 0.643 bits per heavy atom. The molecule has 2 aliphatic rings. The maximum atomic E-state index is 3.85. The van der Waals surface area contributed by atoms with Crippen molar-refractivity contribution >= 4 is 8.80 Å². The van der Waals surface area contributed by atoms with Crippen LogP contribution in [0.3, 0.4) is 0 Å². The molecule has 1 heterocycles. The zero-order valence-electron chi connectivity index (χ0n) is 9.64. The lowest BCUT2D eigenvalue weighted by molar-refractivity contribution is 0.504. The highest BCUT2D eigenvalue weighted by molar-refractivity contribution is 6.64. The summed E-state index contributed by atoms with van der Waals surface area (Å²) >= 11 is 0. The van der Waals surface area contributed by atoms with E-state index < -0.39 is 0 Å². The van der Waals surface area contributed by atoms with Crippen LogP contribution >= 0.6 is 0 Å². The molecule has 1 saturated heterocycles. The Hall–Kier alpha value is -0.0431. The number of rotatable bonds is 1. The van der Waals surface area contributed by atoms with Gasteiger partial charge in [-0.1, -0.05) is 69.9 Å². The average molecular weight is 210 g/mol. The first-order chi connectivity index (χ1) is 6.93. The van der Waals surface area contributed by atoms with Crippen LogP contribution in [0.1, 0.15) is 57.8 Å². The van der Waals surface area contributed by atoms with E-state index in [1.807, 2.05) is 0 Å². The van der Waals surface area contributed by atoms with Crippen molar-refractivity contribution in [3.63, 3.8) is 0 Å².